The summed E-state index contributed by atoms with van der Waals surface area (Å²) in [5, 5.41) is 9.36. The number of phenolic OH excluding ortho intramolecular Hbond substituents is 1. The largest absolute Gasteiger partial charge is 0.508 e. The third-order valence-corrected chi connectivity index (χ3v) is 2.55. The summed E-state index contributed by atoms with van der Waals surface area (Å²) in [6.45, 7) is 4.35. The maximum Gasteiger partial charge on any atom is 0.117 e. The van der Waals surface area contributed by atoms with Crippen molar-refractivity contribution >= 4 is 11.0 Å². The molecule has 0 atom stereocenters. The van der Waals surface area contributed by atoms with Crippen molar-refractivity contribution in [3.05, 3.63) is 24.0 Å². The zero-order valence-electron chi connectivity index (χ0n) is 9.36. The van der Waals surface area contributed by atoms with Crippen molar-refractivity contribution in [1.82, 2.24) is 9.55 Å². The Labute approximate surface area is 89.4 Å². The number of aryl methyl sites for hydroxylation is 1. The fraction of sp³-hybridized carbons (Fsp3) is 0.417. The van der Waals surface area contributed by atoms with E-state index in [9.17, 15) is 5.11 Å². The van der Waals surface area contributed by atoms with Gasteiger partial charge in [-0.3, -0.25) is 0 Å². The van der Waals surface area contributed by atoms with Crippen LogP contribution in [0.1, 0.15) is 19.7 Å². The second-order valence-corrected chi connectivity index (χ2v) is 4.36. The third kappa shape index (κ3) is 1.82. The van der Waals surface area contributed by atoms with Gasteiger partial charge in [0.2, 0.25) is 0 Å². The molecule has 2 rings (SSSR count). The summed E-state index contributed by atoms with van der Waals surface area (Å²) in [5.41, 5.74) is 1.94. The molecule has 0 aliphatic rings. The number of benzene rings is 1. The van der Waals surface area contributed by atoms with E-state index in [1.54, 1.807) is 12.1 Å². The lowest BCUT2D eigenvalue weighted by Crippen LogP contribution is -2.02. The SMILES string of the molecule is CC(C)Cc1nc2cc(O)ccc2n1C. The van der Waals surface area contributed by atoms with E-state index in [2.05, 4.69) is 23.4 Å². The first kappa shape index (κ1) is 10.0. The maximum absolute atomic E-state index is 9.36. The van der Waals surface area contributed by atoms with E-state index in [0.29, 0.717) is 5.92 Å². The van der Waals surface area contributed by atoms with Crippen LogP contribution in [0, 0.1) is 5.92 Å². The van der Waals surface area contributed by atoms with Crippen LogP contribution >= 0.6 is 0 Å². The standard InChI is InChI=1S/C12H16N2O/c1-8(2)6-12-13-10-7-9(15)4-5-11(10)14(12)3/h4-5,7-8,15H,6H2,1-3H3. The highest BCUT2D eigenvalue weighted by Gasteiger charge is 2.09. The molecule has 3 nitrogen and oxygen atoms in total. The van der Waals surface area contributed by atoms with Crippen molar-refractivity contribution < 1.29 is 5.11 Å². The molecule has 0 aliphatic carbocycles. The Balaban J connectivity index is 2.54. The molecule has 0 amide bonds. The van der Waals surface area contributed by atoms with Crippen molar-refractivity contribution in [1.29, 1.82) is 0 Å². The van der Waals surface area contributed by atoms with Crippen LogP contribution in [0.25, 0.3) is 11.0 Å². The highest BCUT2D eigenvalue weighted by atomic mass is 16.3. The normalized spacial score (nSPS) is 11.5. The van der Waals surface area contributed by atoms with Crippen LogP contribution in [0.4, 0.5) is 0 Å². The Morgan fingerprint density at radius 1 is 1.40 bits per heavy atom. The summed E-state index contributed by atoms with van der Waals surface area (Å²) in [7, 11) is 2.02. The van der Waals surface area contributed by atoms with Crippen molar-refractivity contribution in [2.45, 2.75) is 20.3 Å². The van der Waals surface area contributed by atoms with E-state index in [1.807, 2.05) is 13.1 Å². The summed E-state index contributed by atoms with van der Waals surface area (Å²) in [6, 6.07) is 5.31. The maximum atomic E-state index is 9.36. The summed E-state index contributed by atoms with van der Waals surface area (Å²) in [5.74, 6) is 1.94. The summed E-state index contributed by atoms with van der Waals surface area (Å²) in [4.78, 5) is 4.52. The van der Waals surface area contributed by atoms with Crippen molar-refractivity contribution in [3.8, 4) is 5.75 Å². The lowest BCUT2D eigenvalue weighted by Gasteiger charge is -2.04. The average Bonchev–Trinajstić information content (AvgIpc) is 2.42. The first-order valence-electron chi connectivity index (χ1n) is 5.22. The van der Waals surface area contributed by atoms with E-state index >= 15 is 0 Å². The van der Waals surface area contributed by atoms with Crippen LogP contribution in [0.2, 0.25) is 0 Å². The van der Waals surface area contributed by atoms with E-state index in [0.717, 1.165) is 23.3 Å². The summed E-state index contributed by atoms with van der Waals surface area (Å²) >= 11 is 0. The van der Waals surface area contributed by atoms with Gasteiger partial charge in [-0.1, -0.05) is 13.8 Å². The third-order valence-electron chi connectivity index (χ3n) is 2.55. The lowest BCUT2D eigenvalue weighted by molar-refractivity contribution is 0.476. The van der Waals surface area contributed by atoms with Crippen LogP contribution in [-0.2, 0) is 13.5 Å². The van der Waals surface area contributed by atoms with E-state index in [-0.39, 0.29) is 5.75 Å². The number of fused-ring (bicyclic) bond motifs is 1. The Bertz CT molecular complexity index is 486. The van der Waals surface area contributed by atoms with Gasteiger partial charge in [0, 0.05) is 19.5 Å². The number of phenols is 1. The van der Waals surface area contributed by atoms with E-state index < -0.39 is 0 Å². The quantitative estimate of drug-likeness (QED) is 0.816. The van der Waals surface area contributed by atoms with Crippen molar-refractivity contribution in [2.24, 2.45) is 13.0 Å². The smallest absolute Gasteiger partial charge is 0.117 e. The number of hydrogen-bond donors (Lipinski definition) is 1. The van der Waals surface area contributed by atoms with Gasteiger partial charge in [0.25, 0.3) is 0 Å². The van der Waals surface area contributed by atoms with Gasteiger partial charge in [0.1, 0.15) is 11.6 Å². The first-order valence-corrected chi connectivity index (χ1v) is 5.22. The van der Waals surface area contributed by atoms with Crippen LogP contribution in [-0.4, -0.2) is 14.7 Å². The molecule has 1 aromatic carbocycles. The van der Waals surface area contributed by atoms with Gasteiger partial charge in [0.05, 0.1) is 11.0 Å². The predicted molar refractivity (Wildman–Crippen MR) is 60.9 cm³/mol. The number of hydrogen-bond acceptors (Lipinski definition) is 2. The van der Waals surface area contributed by atoms with E-state index in [4.69, 9.17) is 0 Å². The van der Waals surface area contributed by atoms with Gasteiger partial charge in [-0.2, -0.15) is 0 Å². The van der Waals surface area contributed by atoms with Gasteiger partial charge < -0.3 is 9.67 Å². The van der Waals surface area contributed by atoms with Gasteiger partial charge >= 0.3 is 0 Å². The monoisotopic (exact) mass is 204 g/mol. The Morgan fingerprint density at radius 3 is 2.80 bits per heavy atom. The zero-order valence-corrected chi connectivity index (χ0v) is 9.36. The molecule has 0 spiro atoms. The Morgan fingerprint density at radius 2 is 2.13 bits per heavy atom. The van der Waals surface area contributed by atoms with Crippen LogP contribution in [0.5, 0.6) is 5.75 Å². The molecule has 0 fully saturated rings. The number of aromatic nitrogens is 2. The van der Waals surface area contributed by atoms with Gasteiger partial charge in [0.15, 0.2) is 0 Å². The second kappa shape index (κ2) is 3.57. The summed E-state index contributed by atoms with van der Waals surface area (Å²) < 4.78 is 2.09. The van der Waals surface area contributed by atoms with Crippen LogP contribution in [0.3, 0.4) is 0 Å². The molecule has 80 valence electrons. The number of nitrogens with zero attached hydrogens (tertiary/aromatic N) is 2. The molecule has 1 aromatic heterocycles. The predicted octanol–water partition coefficient (Wildman–Crippen LogP) is 2.48. The molecule has 0 saturated carbocycles. The molecule has 3 heteroatoms. The van der Waals surface area contributed by atoms with Crippen molar-refractivity contribution in [3.63, 3.8) is 0 Å². The molecule has 0 saturated heterocycles. The highest BCUT2D eigenvalue weighted by Crippen LogP contribution is 2.21. The fourth-order valence-electron chi connectivity index (χ4n) is 1.79. The molecule has 15 heavy (non-hydrogen) atoms. The van der Waals surface area contributed by atoms with Crippen molar-refractivity contribution in [2.75, 3.05) is 0 Å². The van der Waals surface area contributed by atoms with Crippen LogP contribution < -0.4 is 0 Å². The first-order chi connectivity index (χ1) is 7.08. The topological polar surface area (TPSA) is 38.1 Å². The zero-order chi connectivity index (χ0) is 11.0. The molecule has 1 N–H and O–H groups in total. The van der Waals surface area contributed by atoms with Gasteiger partial charge in [-0.05, 0) is 18.1 Å². The molecule has 0 bridgehead atoms. The molecular formula is C12H16N2O. The molecule has 1 heterocycles. The lowest BCUT2D eigenvalue weighted by atomic mass is 10.1. The Kier molecular flexibility index (Phi) is 2.39. The summed E-state index contributed by atoms with van der Waals surface area (Å²) in [6.07, 6.45) is 0.964. The molecule has 0 radical (unpaired) electrons. The molecular weight excluding hydrogens is 188 g/mol. The minimum absolute atomic E-state index is 0.275. The number of rotatable bonds is 2. The minimum atomic E-state index is 0.275. The van der Waals surface area contributed by atoms with Gasteiger partial charge in [-0.15, -0.1) is 0 Å². The Hall–Kier alpha value is -1.51. The van der Waals surface area contributed by atoms with Gasteiger partial charge in [-0.25, -0.2) is 4.98 Å². The average molecular weight is 204 g/mol. The van der Waals surface area contributed by atoms with Crippen LogP contribution in [0.15, 0.2) is 18.2 Å². The molecule has 2 aromatic rings. The highest BCUT2D eigenvalue weighted by molar-refractivity contribution is 5.77. The minimum Gasteiger partial charge on any atom is -0.508 e. The molecule has 0 unspecified atom stereocenters. The second-order valence-electron chi connectivity index (χ2n) is 4.36. The number of aromatic hydroxyl groups is 1. The number of imidazole rings is 1. The van der Waals surface area contributed by atoms with E-state index in [1.165, 1.54) is 0 Å². The molecule has 0 aliphatic heterocycles. The fourth-order valence-corrected chi connectivity index (χ4v) is 1.79.